The number of carbonyl (C=O) groups is 2. The standard InChI is InChI=1S/C16H16N2O3/c1-10(11(2)16(20)21)15(19)18-9-13-6-3-5-12-7-4-8-17-14(12)13/h3-8H,9H2,1-2H3,(H,18,19)(H,20,21)/b11-10+. The van der Waals surface area contributed by atoms with E-state index < -0.39 is 5.97 Å². The third kappa shape index (κ3) is 3.25. The molecular formula is C16H16N2O3. The highest BCUT2D eigenvalue weighted by Crippen LogP contribution is 2.15. The average molecular weight is 284 g/mol. The summed E-state index contributed by atoms with van der Waals surface area (Å²) in [4.78, 5) is 27.1. The van der Waals surface area contributed by atoms with Crippen LogP contribution in [0.2, 0.25) is 0 Å². The number of pyridine rings is 1. The second kappa shape index (κ2) is 6.17. The van der Waals surface area contributed by atoms with Crippen LogP contribution in [0.4, 0.5) is 0 Å². The van der Waals surface area contributed by atoms with Gasteiger partial charge < -0.3 is 10.4 Å². The number of carboxylic acids is 1. The van der Waals surface area contributed by atoms with Crippen LogP contribution in [0.25, 0.3) is 10.9 Å². The van der Waals surface area contributed by atoms with E-state index in [4.69, 9.17) is 5.11 Å². The van der Waals surface area contributed by atoms with Gasteiger partial charge in [-0.05, 0) is 25.5 Å². The number of benzene rings is 1. The number of carbonyl (C=O) groups excluding carboxylic acids is 1. The lowest BCUT2D eigenvalue weighted by molar-refractivity contribution is -0.133. The molecule has 2 N–H and O–H groups in total. The Labute approximate surface area is 122 Å². The normalized spacial score (nSPS) is 11.9. The number of amides is 1. The number of para-hydroxylation sites is 1. The van der Waals surface area contributed by atoms with Crippen molar-refractivity contribution in [1.82, 2.24) is 10.3 Å². The molecule has 2 aromatic rings. The fraction of sp³-hybridized carbons (Fsp3) is 0.188. The van der Waals surface area contributed by atoms with Gasteiger partial charge in [-0.3, -0.25) is 9.78 Å². The van der Waals surface area contributed by atoms with Gasteiger partial charge in [0.15, 0.2) is 0 Å². The molecule has 0 unspecified atom stereocenters. The van der Waals surface area contributed by atoms with Gasteiger partial charge in [-0.2, -0.15) is 0 Å². The van der Waals surface area contributed by atoms with E-state index in [-0.39, 0.29) is 17.1 Å². The number of aliphatic carboxylic acids is 1. The summed E-state index contributed by atoms with van der Waals surface area (Å²) in [5, 5.41) is 12.6. The van der Waals surface area contributed by atoms with E-state index in [2.05, 4.69) is 10.3 Å². The molecule has 1 aromatic heterocycles. The van der Waals surface area contributed by atoms with Gasteiger partial charge in [-0.1, -0.05) is 24.3 Å². The molecule has 1 amide bonds. The van der Waals surface area contributed by atoms with E-state index >= 15 is 0 Å². The smallest absolute Gasteiger partial charge is 0.331 e. The quantitative estimate of drug-likeness (QED) is 0.844. The predicted octanol–water partition coefficient (Wildman–Crippen LogP) is 2.27. The number of nitrogens with one attached hydrogen (secondary N) is 1. The Balaban J connectivity index is 2.18. The lowest BCUT2D eigenvalue weighted by Crippen LogP contribution is -2.25. The van der Waals surface area contributed by atoms with E-state index in [1.165, 1.54) is 13.8 Å². The maximum Gasteiger partial charge on any atom is 0.331 e. The summed E-state index contributed by atoms with van der Waals surface area (Å²) in [6.07, 6.45) is 1.70. The van der Waals surface area contributed by atoms with Gasteiger partial charge in [-0.15, -0.1) is 0 Å². The molecule has 5 nitrogen and oxygen atoms in total. The maximum absolute atomic E-state index is 11.9. The molecule has 0 bridgehead atoms. The van der Waals surface area contributed by atoms with Crippen LogP contribution in [0.3, 0.4) is 0 Å². The highest BCUT2D eigenvalue weighted by Gasteiger charge is 2.12. The molecule has 5 heteroatoms. The molecular weight excluding hydrogens is 268 g/mol. The van der Waals surface area contributed by atoms with Crippen LogP contribution < -0.4 is 5.32 Å². The van der Waals surface area contributed by atoms with Crippen LogP contribution in [0.15, 0.2) is 47.7 Å². The van der Waals surface area contributed by atoms with Crippen molar-refractivity contribution in [1.29, 1.82) is 0 Å². The second-order valence-electron chi connectivity index (χ2n) is 4.73. The minimum absolute atomic E-state index is 0.0449. The SMILES string of the molecule is C/C(C(=O)O)=C(/C)C(=O)NCc1cccc2cccnc12. The number of hydrogen-bond donors (Lipinski definition) is 2. The third-order valence-electron chi connectivity index (χ3n) is 3.38. The molecule has 1 aromatic carbocycles. The predicted molar refractivity (Wildman–Crippen MR) is 79.6 cm³/mol. The first kappa shape index (κ1) is 14.7. The van der Waals surface area contributed by atoms with E-state index in [0.717, 1.165) is 16.5 Å². The zero-order chi connectivity index (χ0) is 15.4. The van der Waals surface area contributed by atoms with Crippen molar-refractivity contribution in [2.45, 2.75) is 20.4 Å². The fourth-order valence-electron chi connectivity index (χ4n) is 1.95. The van der Waals surface area contributed by atoms with Gasteiger partial charge in [0, 0.05) is 29.3 Å². The molecule has 0 aliphatic carbocycles. The number of fused-ring (bicyclic) bond motifs is 1. The molecule has 108 valence electrons. The van der Waals surface area contributed by atoms with Gasteiger partial charge in [0.25, 0.3) is 0 Å². The fourth-order valence-corrected chi connectivity index (χ4v) is 1.95. The van der Waals surface area contributed by atoms with Crippen LogP contribution >= 0.6 is 0 Å². The minimum atomic E-state index is -1.09. The highest BCUT2D eigenvalue weighted by molar-refractivity contribution is 6.01. The number of aromatic nitrogens is 1. The van der Waals surface area contributed by atoms with Crippen LogP contribution in [-0.2, 0) is 16.1 Å². The van der Waals surface area contributed by atoms with Crippen molar-refractivity contribution in [2.75, 3.05) is 0 Å². The number of carboxylic acid groups (broad SMARTS) is 1. The van der Waals surface area contributed by atoms with Crippen LogP contribution in [0.1, 0.15) is 19.4 Å². The van der Waals surface area contributed by atoms with Gasteiger partial charge in [0.05, 0.1) is 5.52 Å². The molecule has 0 saturated heterocycles. The lowest BCUT2D eigenvalue weighted by atomic mass is 10.1. The minimum Gasteiger partial charge on any atom is -0.478 e. The molecule has 2 rings (SSSR count). The van der Waals surface area contributed by atoms with Crippen LogP contribution in [0, 0.1) is 0 Å². The summed E-state index contributed by atoms with van der Waals surface area (Å²) in [6.45, 7) is 3.22. The molecule has 21 heavy (non-hydrogen) atoms. The summed E-state index contributed by atoms with van der Waals surface area (Å²) in [5.41, 5.74) is 1.97. The van der Waals surface area contributed by atoms with Crippen molar-refractivity contribution < 1.29 is 14.7 Å². The summed E-state index contributed by atoms with van der Waals surface area (Å²) >= 11 is 0. The van der Waals surface area contributed by atoms with Crippen molar-refractivity contribution >= 4 is 22.8 Å². The van der Waals surface area contributed by atoms with E-state index in [9.17, 15) is 9.59 Å². The lowest BCUT2D eigenvalue weighted by Gasteiger charge is -2.09. The Bertz CT molecular complexity index is 730. The van der Waals surface area contributed by atoms with E-state index in [1.807, 2.05) is 30.3 Å². The summed E-state index contributed by atoms with van der Waals surface area (Å²) in [7, 11) is 0. The molecule has 1 heterocycles. The molecule has 0 aliphatic rings. The van der Waals surface area contributed by atoms with Crippen LogP contribution in [0.5, 0.6) is 0 Å². The Morgan fingerprint density at radius 1 is 1.14 bits per heavy atom. The molecule has 0 radical (unpaired) electrons. The van der Waals surface area contributed by atoms with Crippen molar-refractivity contribution in [3.05, 3.63) is 53.2 Å². The van der Waals surface area contributed by atoms with Crippen molar-refractivity contribution in [2.24, 2.45) is 0 Å². The highest BCUT2D eigenvalue weighted by atomic mass is 16.4. The number of rotatable bonds is 4. The number of hydrogen-bond acceptors (Lipinski definition) is 3. The average Bonchev–Trinajstić information content (AvgIpc) is 2.50. The third-order valence-corrected chi connectivity index (χ3v) is 3.38. The zero-order valence-electron chi connectivity index (χ0n) is 11.9. The topological polar surface area (TPSA) is 79.3 Å². The first-order valence-corrected chi connectivity index (χ1v) is 6.52. The van der Waals surface area contributed by atoms with Gasteiger partial charge in [-0.25, -0.2) is 4.79 Å². The van der Waals surface area contributed by atoms with E-state index in [1.54, 1.807) is 6.20 Å². The molecule has 0 spiro atoms. The largest absolute Gasteiger partial charge is 0.478 e. The first-order valence-electron chi connectivity index (χ1n) is 6.52. The van der Waals surface area contributed by atoms with Crippen molar-refractivity contribution in [3.63, 3.8) is 0 Å². The monoisotopic (exact) mass is 284 g/mol. The summed E-state index contributed by atoms with van der Waals surface area (Å²) in [5.74, 6) is -1.47. The number of nitrogens with zero attached hydrogens (tertiary/aromatic N) is 1. The molecule has 0 aliphatic heterocycles. The summed E-state index contributed by atoms with van der Waals surface area (Å²) < 4.78 is 0. The maximum atomic E-state index is 11.9. The first-order chi connectivity index (χ1) is 10.0. The molecule has 0 saturated carbocycles. The van der Waals surface area contributed by atoms with Gasteiger partial charge in [0.1, 0.15) is 0 Å². The Hall–Kier alpha value is -2.69. The zero-order valence-corrected chi connectivity index (χ0v) is 11.9. The molecule has 0 atom stereocenters. The van der Waals surface area contributed by atoms with E-state index in [0.29, 0.717) is 6.54 Å². The van der Waals surface area contributed by atoms with Crippen molar-refractivity contribution in [3.8, 4) is 0 Å². The molecule has 0 fully saturated rings. The second-order valence-corrected chi connectivity index (χ2v) is 4.73. The van der Waals surface area contributed by atoms with Crippen LogP contribution in [-0.4, -0.2) is 22.0 Å². The Morgan fingerprint density at radius 3 is 2.57 bits per heavy atom. The summed E-state index contributed by atoms with van der Waals surface area (Å²) in [6, 6.07) is 9.55. The Kier molecular flexibility index (Phi) is 4.33. The van der Waals surface area contributed by atoms with Gasteiger partial charge >= 0.3 is 5.97 Å². The Morgan fingerprint density at radius 2 is 1.86 bits per heavy atom. The van der Waals surface area contributed by atoms with Gasteiger partial charge in [0.2, 0.25) is 5.91 Å².